The molecular weight excluding hydrogens is 450 g/mol. The molecule has 0 atom stereocenters. The molecule has 0 radical (unpaired) electrons. The van der Waals surface area contributed by atoms with E-state index in [0.717, 1.165) is 17.8 Å². The number of rotatable bonds is 9. The summed E-state index contributed by atoms with van der Waals surface area (Å²) in [7, 11) is 0. The number of ether oxygens (including phenoxy) is 2. The minimum Gasteiger partial charge on any atom is -0.490 e. The van der Waals surface area contributed by atoms with Crippen LogP contribution in [0.5, 0.6) is 11.5 Å². The molecule has 0 fully saturated rings. The third-order valence-electron chi connectivity index (χ3n) is 4.26. The molecule has 0 saturated carbocycles. The Bertz CT molecular complexity index is 1090. The van der Waals surface area contributed by atoms with E-state index in [4.69, 9.17) is 44.9 Å². The zero-order valence-electron chi connectivity index (χ0n) is 16.5. The van der Waals surface area contributed by atoms with Crippen molar-refractivity contribution in [3.05, 3.63) is 67.9 Å². The number of hydrogen-bond donors (Lipinski definition) is 2. The van der Waals surface area contributed by atoms with E-state index >= 15 is 0 Å². The van der Waals surface area contributed by atoms with E-state index in [2.05, 4.69) is 15.6 Å². The Morgan fingerprint density at radius 3 is 2.67 bits per heavy atom. The molecule has 1 aromatic heterocycles. The first-order valence-electron chi connectivity index (χ1n) is 9.35. The molecule has 10 heteroatoms. The van der Waals surface area contributed by atoms with Gasteiger partial charge in [0.25, 0.3) is 0 Å². The van der Waals surface area contributed by atoms with Crippen molar-refractivity contribution in [1.29, 1.82) is 0 Å². The maximum atomic E-state index is 13.2. The van der Waals surface area contributed by atoms with Crippen molar-refractivity contribution < 1.29 is 13.9 Å². The number of aryl methyl sites for hydroxylation is 1. The fraction of sp³-hybridized carbons (Fsp3) is 0.300. The molecule has 3 aromatic rings. The van der Waals surface area contributed by atoms with E-state index < -0.39 is 5.82 Å². The Labute approximate surface area is 188 Å². The van der Waals surface area contributed by atoms with Crippen LogP contribution in [0.1, 0.15) is 30.8 Å². The van der Waals surface area contributed by atoms with Gasteiger partial charge in [0.1, 0.15) is 12.4 Å². The molecule has 160 valence electrons. The van der Waals surface area contributed by atoms with Crippen LogP contribution >= 0.6 is 35.4 Å². The van der Waals surface area contributed by atoms with Crippen molar-refractivity contribution in [3.8, 4) is 11.5 Å². The first-order chi connectivity index (χ1) is 14.4. The molecule has 0 spiro atoms. The number of aromatic nitrogens is 3. The fourth-order valence-electron chi connectivity index (χ4n) is 2.82. The average Bonchev–Trinajstić information content (AvgIpc) is 3.07. The van der Waals surface area contributed by atoms with E-state index in [-0.39, 0.29) is 11.6 Å². The van der Waals surface area contributed by atoms with Crippen molar-refractivity contribution in [1.82, 2.24) is 14.9 Å². The normalized spacial score (nSPS) is 10.8. The Morgan fingerprint density at radius 1 is 1.17 bits per heavy atom. The summed E-state index contributed by atoms with van der Waals surface area (Å²) in [6.45, 7) is 4.88. The fourth-order valence-corrected chi connectivity index (χ4v) is 3.54. The van der Waals surface area contributed by atoms with E-state index in [0.29, 0.717) is 40.0 Å². The molecule has 0 aliphatic rings. The molecule has 3 rings (SSSR count). The Morgan fingerprint density at radius 2 is 1.97 bits per heavy atom. The zero-order chi connectivity index (χ0) is 21.7. The van der Waals surface area contributed by atoms with E-state index in [1.807, 2.05) is 19.9 Å². The van der Waals surface area contributed by atoms with Crippen LogP contribution in [-0.4, -0.2) is 21.5 Å². The van der Waals surface area contributed by atoms with Gasteiger partial charge in [-0.05, 0) is 49.0 Å². The van der Waals surface area contributed by atoms with Gasteiger partial charge < -0.3 is 14.9 Å². The van der Waals surface area contributed by atoms with Crippen LogP contribution in [0.25, 0.3) is 0 Å². The highest BCUT2D eigenvalue weighted by molar-refractivity contribution is 7.71. The van der Waals surface area contributed by atoms with Gasteiger partial charge >= 0.3 is 0 Å². The Balaban J connectivity index is 1.79. The minimum absolute atomic E-state index is 0.126. The van der Waals surface area contributed by atoms with Gasteiger partial charge in [-0.1, -0.05) is 36.2 Å². The van der Waals surface area contributed by atoms with Gasteiger partial charge in [0, 0.05) is 12.0 Å². The first-order valence-corrected chi connectivity index (χ1v) is 10.5. The highest BCUT2D eigenvalue weighted by Crippen LogP contribution is 2.37. The third-order valence-corrected chi connectivity index (χ3v) is 5.16. The molecule has 6 nitrogen and oxygen atoms in total. The maximum Gasteiger partial charge on any atom is 0.214 e. The lowest BCUT2D eigenvalue weighted by Gasteiger charge is -2.16. The van der Waals surface area contributed by atoms with Crippen molar-refractivity contribution in [2.45, 2.75) is 33.4 Å². The molecule has 0 saturated heterocycles. The lowest BCUT2D eigenvalue weighted by Crippen LogP contribution is -2.17. The van der Waals surface area contributed by atoms with E-state index in [1.54, 1.807) is 16.8 Å². The first kappa shape index (κ1) is 22.4. The molecule has 0 aliphatic carbocycles. The predicted molar refractivity (Wildman–Crippen MR) is 118 cm³/mol. The van der Waals surface area contributed by atoms with Crippen LogP contribution < -0.4 is 14.9 Å². The second-order valence-electron chi connectivity index (χ2n) is 6.33. The number of hydrogen-bond acceptors (Lipinski definition) is 5. The standard InChI is InChI=1S/C20H21Cl2FN4O2S/c1-3-18-25-26-20(30)27(18)24-10-12-7-16(22)19(17(8-12)28-4-2)29-11-13-5-6-14(23)9-15(13)21/h5-9,24H,3-4,10-11H2,1-2H3,(H,26,30). The molecule has 30 heavy (non-hydrogen) atoms. The summed E-state index contributed by atoms with van der Waals surface area (Å²) in [6.07, 6.45) is 0.726. The summed E-state index contributed by atoms with van der Waals surface area (Å²) in [5, 5.41) is 7.61. The average molecular weight is 471 g/mol. The lowest BCUT2D eigenvalue weighted by molar-refractivity contribution is 0.269. The van der Waals surface area contributed by atoms with Gasteiger partial charge in [-0.25, -0.2) is 9.07 Å². The Kier molecular flexibility index (Phi) is 7.58. The number of aromatic amines is 1. The van der Waals surface area contributed by atoms with Crippen molar-refractivity contribution in [2.75, 3.05) is 12.0 Å². The van der Waals surface area contributed by atoms with Crippen LogP contribution in [0.2, 0.25) is 10.0 Å². The van der Waals surface area contributed by atoms with Gasteiger partial charge in [-0.15, -0.1) is 0 Å². The highest BCUT2D eigenvalue weighted by Gasteiger charge is 2.14. The molecule has 0 unspecified atom stereocenters. The van der Waals surface area contributed by atoms with Gasteiger partial charge in [0.05, 0.1) is 23.2 Å². The predicted octanol–water partition coefficient (Wildman–Crippen LogP) is 5.67. The van der Waals surface area contributed by atoms with Crippen molar-refractivity contribution in [3.63, 3.8) is 0 Å². The van der Waals surface area contributed by atoms with E-state index in [9.17, 15) is 4.39 Å². The summed E-state index contributed by atoms with van der Waals surface area (Å²) in [5.41, 5.74) is 4.74. The zero-order valence-corrected chi connectivity index (χ0v) is 18.8. The second-order valence-corrected chi connectivity index (χ2v) is 7.53. The quantitative estimate of drug-likeness (QED) is 0.394. The highest BCUT2D eigenvalue weighted by atomic mass is 35.5. The van der Waals surface area contributed by atoms with Crippen LogP contribution in [-0.2, 0) is 19.6 Å². The minimum atomic E-state index is -0.405. The van der Waals surface area contributed by atoms with Crippen LogP contribution in [0, 0.1) is 10.6 Å². The number of nitrogens with one attached hydrogen (secondary N) is 2. The van der Waals surface area contributed by atoms with Crippen molar-refractivity contribution >= 4 is 35.4 Å². The molecule has 0 bridgehead atoms. The van der Waals surface area contributed by atoms with E-state index in [1.165, 1.54) is 12.1 Å². The largest absolute Gasteiger partial charge is 0.490 e. The number of nitrogens with zero attached hydrogens (tertiary/aromatic N) is 2. The van der Waals surface area contributed by atoms with Gasteiger partial charge in [0.15, 0.2) is 17.3 Å². The lowest BCUT2D eigenvalue weighted by atomic mass is 10.2. The summed E-state index contributed by atoms with van der Waals surface area (Å²) >= 11 is 17.8. The number of halogens is 3. The maximum absolute atomic E-state index is 13.2. The van der Waals surface area contributed by atoms with Crippen LogP contribution in [0.15, 0.2) is 30.3 Å². The smallest absolute Gasteiger partial charge is 0.214 e. The van der Waals surface area contributed by atoms with Crippen molar-refractivity contribution in [2.24, 2.45) is 0 Å². The second kappa shape index (κ2) is 10.1. The third kappa shape index (κ3) is 5.24. The van der Waals surface area contributed by atoms with Crippen LogP contribution in [0.4, 0.5) is 4.39 Å². The monoisotopic (exact) mass is 470 g/mol. The van der Waals surface area contributed by atoms with Gasteiger partial charge in [-0.2, -0.15) is 5.10 Å². The molecule has 1 heterocycles. The van der Waals surface area contributed by atoms with Gasteiger partial charge in [0.2, 0.25) is 4.77 Å². The number of benzene rings is 2. The Hall–Kier alpha value is -2.29. The summed E-state index contributed by atoms with van der Waals surface area (Å²) in [4.78, 5) is 0. The molecule has 2 aromatic carbocycles. The molecular formula is C20H21Cl2FN4O2S. The summed E-state index contributed by atoms with van der Waals surface area (Å²) in [5.74, 6) is 1.30. The number of H-pyrrole nitrogens is 1. The molecule has 0 aliphatic heterocycles. The molecule has 2 N–H and O–H groups in total. The summed E-state index contributed by atoms with van der Waals surface area (Å²) in [6, 6.07) is 7.78. The topological polar surface area (TPSA) is 64.1 Å². The van der Waals surface area contributed by atoms with Gasteiger partial charge in [-0.3, -0.25) is 5.10 Å². The summed E-state index contributed by atoms with van der Waals surface area (Å²) < 4.78 is 27.0. The molecule has 0 amide bonds. The van der Waals surface area contributed by atoms with Crippen LogP contribution in [0.3, 0.4) is 0 Å². The SMILES string of the molecule is CCOc1cc(CNn2c(CC)n[nH]c2=S)cc(Cl)c1OCc1ccc(F)cc1Cl.